The van der Waals surface area contributed by atoms with Gasteiger partial charge in [0.2, 0.25) is 0 Å². The van der Waals surface area contributed by atoms with Gasteiger partial charge in [0.05, 0.1) is 11.0 Å². The van der Waals surface area contributed by atoms with Crippen LogP contribution in [0.25, 0.3) is 93.5 Å². The summed E-state index contributed by atoms with van der Waals surface area (Å²) >= 11 is 0. The van der Waals surface area contributed by atoms with Crippen LogP contribution in [-0.2, 0) is 0 Å². The topological polar surface area (TPSA) is 8.17 Å². The van der Waals surface area contributed by atoms with Gasteiger partial charge in [0.15, 0.2) is 0 Å². The molecule has 12 aromatic rings. The molecule has 1 aromatic heterocycles. The van der Waals surface area contributed by atoms with Gasteiger partial charge >= 0.3 is 0 Å². The maximum atomic E-state index is 2.40. The van der Waals surface area contributed by atoms with Crippen LogP contribution in [0.5, 0.6) is 0 Å². The predicted molar refractivity (Wildman–Crippen MR) is 277 cm³/mol. The summed E-state index contributed by atoms with van der Waals surface area (Å²) in [5.74, 6) is 0. The minimum Gasteiger partial charge on any atom is -0.310 e. The monoisotopic (exact) mass is 828 g/mol. The molecule has 0 bridgehead atoms. The third-order valence-corrected chi connectivity index (χ3v) is 13.1. The number of aromatic nitrogens is 1. The van der Waals surface area contributed by atoms with Gasteiger partial charge < -0.3 is 9.47 Å². The Morgan fingerprint density at radius 2 is 0.723 bits per heavy atom. The first kappa shape index (κ1) is 38.2. The SMILES string of the molecule is Cc1cc(-c2cccc(-n3c4ccccc4c4ccccc43)c2)ccc1N(c1ccc(-c2ccc(-c3cccc4ccccc34)cc2)cc1)c1ccc(-c2cccc3ccccc23)cc1. The van der Waals surface area contributed by atoms with Gasteiger partial charge in [0.1, 0.15) is 0 Å². The summed E-state index contributed by atoms with van der Waals surface area (Å²) < 4.78 is 2.39. The van der Waals surface area contributed by atoms with Crippen LogP contribution < -0.4 is 4.90 Å². The fourth-order valence-corrected chi connectivity index (χ4v) is 9.93. The molecule has 0 N–H and O–H groups in total. The van der Waals surface area contributed by atoms with E-state index >= 15 is 0 Å². The summed E-state index contributed by atoms with van der Waals surface area (Å²) in [4.78, 5) is 2.40. The lowest BCUT2D eigenvalue weighted by atomic mass is 9.96. The Balaban J connectivity index is 0.912. The summed E-state index contributed by atoms with van der Waals surface area (Å²) in [6.07, 6.45) is 0. The summed E-state index contributed by atoms with van der Waals surface area (Å²) in [5.41, 5.74) is 17.7. The molecule has 11 aromatic carbocycles. The average Bonchev–Trinajstić information content (AvgIpc) is 3.71. The molecular formula is C63H44N2. The van der Waals surface area contributed by atoms with Gasteiger partial charge in [-0.05, 0) is 139 Å². The first-order valence-corrected chi connectivity index (χ1v) is 22.4. The standard InChI is InChI=1S/C63H44N2/c1-43-41-51(50-17-10-18-54(42-50)65-62-25-8-6-21-59(62)60-22-7-9-26-63(60)65)35-40-61(43)64(53-38-33-49(34-39-53)58-24-12-16-47-14-3-5-20-56(47)58)52-36-31-45(32-37-52)44-27-29-48(30-28-44)57-23-11-15-46-13-2-4-19-55(46)57/h2-42H,1H3. The second kappa shape index (κ2) is 16.0. The number of anilines is 3. The molecule has 2 nitrogen and oxygen atoms in total. The lowest BCUT2D eigenvalue weighted by Crippen LogP contribution is -2.11. The Morgan fingerprint density at radius 1 is 0.308 bits per heavy atom. The van der Waals surface area contributed by atoms with E-state index in [1.165, 1.54) is 93.4 Å². The number of aryl methyl sites for hydroxylation is 1. The normalized spacial score (nSPS) is 11.5. The van der Waals surface area contributed by atoms with Crippen molar-refractivity contribution in [2.45, 2.75) is 6.92 Å². The molecule has 0 aliphatic carbocycles. The molecule has 12 rings (SSSR count). The number of nitrogens with zero attached hydrogens (tertiary/aromatic N) is 2. The van der Waals surface area contributed by atoms with Crippen LogP contribution in [0.4, 0.5) is 17.1 Å². The number of benzene rings is 11. The summed E-state index contributed by atoms with van der Waals surface area (Å²) in [7, 11) is 0. The molecule has 65 heavy (non-hydrogen) atoms. The number of rotatable bonds is 8. The van der Waals surface area contributed by atoms with E-state index in [4.69, 9.17) is 0 Å². The van der Waals surface area contributed by atoms with Gasteiger partial charge in [-0.2, -0.15) is 0 Å². The number of hydrogen-bond acceptors (Lipinski definition) is 1. The largest absolute Gasteiger partial charge is 0.310 e. The molecule has 0 spiro atoms. The average molecular weight is 829 g/mol. The van der Waals surface area contributed by atoms with Crippen molar-refractivity contribution < 1.29 is 0 Å². The van der Waals surface area contributed by atoms with Gasteiger partial charge in [-0.15, -0.1) is 0 Å². The molecule has 0 aliphatic rings. The Labute approximate surface area is 379 Å². The zero-order valence-corrected chi connectivity index (χ0v) is 36.1. The first-order chi connectivity index (χ1) is 32.1. The maximum Gasteiger partial charge on any atom is 0.0541 e. The Morgan fingerprint density at radius 3 is 1.28 bits per heavy atom. The second-order valence-corrected chi connectivity index (χ2v) is 17.0. The summed E-state index contributed by atoms with van der Waals surface area (Å²) in [6, 6.07) is 90.7. The van der Waals surface area contributed by atoms with Crippen molar-refractivity contribution in [3.05, 3.63) is 254 Å². The van der Waals surface area contributed by atoms with Crippen molar-refractivity contribution in [3.63, 3.8) is 0 Å². The van der Waals surface area contributed by atoms with Gasteiger partial charge in [0.25, 0.3) is 0 Å². The molecule has 306 valence electrons. The highest BCUT2D eigenvalue weighted by Gasteiger charge is 2.18. The van der Waals surface area contributed by atoms with E-state index in [0.29, 0.717) is 0 Å². The van der Waals surface area contributed by atoms with E-state index in [-0.39, 0.29) is 0 Å². The second-order valence-electron chi connectivity index (χ2n) is 17.0. The van der Waals surface area contributed by atoms with Crippen LogP contribution in [-0.4, -0.2) is 4.57 Å². The quantitative estimate of drug-likeness (QED) is 0.148. The van der Waals surface area contributed by atoms with Crippen LogP contribution in [0.2, 0.25) is 0 Å². The Bertz CT molecular complexity index is 3640. The molecular weight excluding hydrogens is 785 g/mol. The molecule has 0 saturated heterocycles. The van der Waals surface area contributed by atoms with E-state index in [0.717, 1.165) is 22.7 Å². The maximum absolute atomic E-state index is 2.40. The molecule has 0 amide bonds. The van der Waals surface area contributed by atoms with E-state index in [1.54, 1.807) is 0 Å². The predicted octanol–water partition coefficient (Wildman–Crippen LogP) is 17.5. The van der Waals surface area contributed by atoms with Gasteiger partial charge in [0, 0.05) is 33.5 Å². The lowest BCUT2D eigenvalue weighted by molar-refractivity contribution is 1.18. The minimum atomic E-state index is 1.10. The van der Waals surface area contributed by atoms with Crippen molar-refractivity contribution in [3.8, 4) is 50.2 Å². The summed E-state index contributed by atoms with van der Waals surface area (Å²) in [5, 5.41) is 7.56. The van der Waals surface area contributed by atoms with E-state index in [2.05, 4.69) is 265 Å². The molecule has 2 heteroatoms. The number of fused-ring (bicyclic) bond motifs is 5. The molecule has 1 heterocycles. The fraction of sp³-hybridized carbons (Fsp3) is 0.0159. The van der Waals surface area contributed by atoms with Crippen molar-refractivity contribution in [1.82, 2.24) is 4.57 Å². The Kier molecular flexibility index (Phi) is 9.43. The zero-order chi connectivity index (χ0) is 43.3. The smallest absolute Gasteiger partial charge is 0.0541 e. The lowest BCUT2D eigenvalue weighted by Gasteiger charge is -2.28. The van der Waals surface area contributed by atoms with Gasteiger partial charge in [-0.3, -0.25) is 0 Å². The molecule has 0 aliphatic heterocycles. The Hall–Kier alpha value is -8.46. The van der Waals surface area contributed by atoms with Crippen LogP contribution in [0.3, 0.4) is 0 Å². The molecule has 0 saturated carbocycles. The van der Waals surface area contributed by atoms with Crippen molar-refractivity contribution in [1.29, 1.82) is 0 Å². The van der Waals surface area contributed by atoms with Crippen LogP contribution in [0, 0.1) is 6.92 Å². The van der Waals surface area contributed by atoms with Gasteiger partial charge in [-0.1, -0.05) is 188 Å². The van der Waals surface area contributed by atoms with Crippen LogP contribution >= 0.6 is 0 Å². The van der Waals surface area contributed by atoms with Crippen LogP contribution in [0.1, 0.15) is 5.56 Å². The molecule has 0 fully saturated rings. The first-order valence-electron chi connectivity index (χ1n) is 22.4. The van der Waals surface area contributed by atoms with E-state index in [9.17, 15) is 0 Å². The third kappa shape index (κ3) is 6.84. The van der Waals surface area contributed by atoms with E-state index in [1.807, 2.05) is 0 Å². The third-order valence-electron chi connectivity index (χ3n) is 13.1. The minimum absolute atomic E-state index is 1.10. The highest BCUT2D eigenvalue weighted by atomic mass is 15.1. The fourth-order valence-electron chi connectivity index (χ4n) is 9.93. The molecule has 0 unspecified atom stereocenters. The van der Waals surface area contributed by atoms with Crippen LogP contribution in [0.15, 0.2) is 249 Å². The summed E-state index contributed by atoms with van der Waals surface area (Å²) in [6.45, 7) is 2.24. The zero-order valence-electron chi connectivity index (χ0n) is 36.1. The molecule has 0 atom stereocenters. The van der Waals surface area contributed by atoms with Gasteiger partial charge in [-0.25, -0.2) is 0 Å². The van der Waals surface area contributed by atoms with E-state index < -0.39 is 0 Å². The highest BCUT2D eigenvalue weighted by molar-refractivity contribution is 6.09. The van der Waals surface area contributed by atoms with Crippen molar-refractivity contribution in [2.75, 3.05) is 4.90 Å². The number of hydrogen-bond donors (Lipinski definition) is 0. The van der Waals surface area contributed by atoms with Crippen molar-refractivity contribution >= 4 is 60.4 Å². The van der Waals surface area contributed by atoms with Crippen molar-refractivity contribution in [2.24, 2.45) is 0 Å². The molecule has 0 radical (unpaired) electrons. The highest BCUT2D eigenvalue weighted by Crippen LogP contribution is 2.41. The number of para-hydroxylation sites is 2.